The highest BCUT2D eigenvalue weighted by Gasteiger charge is 2.24. The number of primary sulfonamides is 1. The van der Waals surface area contributed by atoms with E-state index >= 15 is 0 Å². The van der Waals surface area contributed by atoms with Crippen LogP contribution in [0.3, 0.4) is 0 Å². The number of piperazine rings is 1. The molecule has 6 nitrogen and oxygen atoms in total. The van der Waals surface area contributed by atoms with E-state index in [9.17, 15) is 8.42 Å². The van der Waals surface area contributed by atoms with Gasteiger partial charge in [0, 0.05) is 25.7 Å². The third kappa shape index (κ3) is 3.05. The van der Waals surface area contributed by atoms with Gasteiger partial charge < -0.3 is 10.6 Å². The molecule has 1 saturated heterocycles. The minimum absolute atomic E-state index is 0.0546. The number of benzene rings is 1. The molecule has 20 heavy (non-hydrogen) atoms. The van der Waals surface area contributed by atoms with Gasteiger partial charge in [-0.15, -0.1) is 0 Å². The zero-order valence-corrected chi connectivity index (χ0v) is 12.7. The van der Waals surface area contributed by atoms with Gasteiger partial charge in [-0.05, 0) is 31.7 Å². The van der Waals surface area contributed by atoms with E-state index in [0.717, 1.165) is 31.9 Å². The average molecular weight is 298 g/mol. The van der Waals surface area contributed by atoms with Crippen molar-refractivity contribution in [2.75, 3.05) is 36.8 Å². The summed E-state index contributed by atoms with van der Waals surface area (Å²) in [6, 6.07) is 5.13. The first-order valence-electron chi connectivity index (χ1n) is 6.74. The van der Waals surface area contributed by atoms with E-state index in [1.54, 1.807) is 6.07 Å². The maximum absolute atomic E-state index is 11.3. The molecule has 0 radical (unpaired) electrons. The van der Waals surface area contributed by atoms with Crippen molar-refractivity contribution < 1.29 is 8.42 Å². The van der Waals surface area contributed by atoms with Gasteiger partial charge in [0.25, 0.3) is 0 Å². The summed E-state index contributed by atoms with van der Waals surface area (Å²) in [4.78, 5) is 4.66. The lowest BCUT2D eigenvalue weighted by Crippen LogP contribution is -2.51. The van der Waals surface area contributed by atoms with Gasteiger partial charge in [0.05, 0.1) is 16.3 Å². The van der Waals surface area contributed by atoms with Crippen molar-refractivity contribution in [2.45, 2.75) is 24.8 Å². The van der Waals surface area contributed by atoms with Gasteiger partial charge in [-0.1, -0.05) is 6.92 Å². The summed E-state index contributed by atoms with van der Waals surface area (Å²) in [6.45, 7) is 8.12. The number of anilines is 2. The van der Waals surface area contributed by atoms with E-state index < -0.39 is 10.0 Å². The van der Waals surface area contributed by atoms with Crippen LogP contribution in [0.2, 0.25) is 0 Å². The second kappa shape index (κ2) is 5.59. The predicted octanol–water partition coefficient (Wildman–Crippen LogP) is 0.447. The van der Waals surface area contributed by atoms with Gasteiger partial charge in [0.15, 0.2) is 0 Å². The fourth-order valence-corrected chi connectivity index (χ4v) is 3.23. The second-order valence-corrected chi connectivity index (χ2v) is 6.75. The SMILES string of the molecule is CCN1CCN(c2ccc(S(N)(=O)=O)cc2N)CC1C. The van der Waals surface area contributed by atoms with E-state index in [1.165, 1.54) is 12.1 Å². The third-order valence-electron chi connectivity index (χ3n) is 3.84. The lowest BCUT2D eigenvalue weighted by Gasteiger charge is -2.40. The van der Waals surface area contributed by atoms with Gasteiger partial charge in [-0.25, -0.2) is 13.6 Å². The standard InChI is InChI=1S/C13H22N4O2S/c1-3-16-6-7-17(9-10(16)2)13-5-4-11(8-12(13)14)20(15,18)19/h4-5,8,10H,3,6-7,9,14H2,1-2H3,(H2,15,18,19). The maximum Gasteiger partial charge on any atom is 0.238 e. The van der Waals surface area contributed by atoms with Crippen molar-refractivity contribution in [3.63, 3.8) is 0 Å². The molecule has 1 atom stereocenters. The summed E-state index contributed by atoms with van der Waals surface area (Å²) >= 11 is 0. The molecule has 2 rings (SSSR count). The van der Waals surface area contributed by atoms with Gasteiger partial charge in [-0.3, -0.25) is 4.90 Å². The largest absolute Gasteiger partial charge is 0.397 e. The Labute approximate surface area is 120 Å². The molecular formula is C13H22N4O2S. The average Bonchev–Trinajstić information content (AvgIpc) is 2.37. The molecular weight excluding hydrogens is 276 g/mol. The Bertz CT molecular complexity index is 588. The van der Waals surface area contributed by atoms with Crippen LogP contribution in [-0.2, 0) is 10.0 Å². The fraction of sp³-hybridized carbons (Fsp3) is 0.538. The molecule has 1 heterocycles. The summed E-state index contributed by atoms with van der Waals surface area (Å²) in [7, 11) is -3.70. The molecule has 1 aliphatic heterocycles. The summed E-state index contributed by atoms with van der Waals surface area (Å²) in [5.41, 5.74) is 7.31. The highest BCUT2D eigenvalue weighted by atomic mass is 32.2. The molecule has 1 fully saturated rings. The van der Waals surface area contributed by atoms with Crippen molar-refractivity contribution >= 4 is 21.4 Å². The smallest absolute Gasteiger partial charge is 0.238 e. The molecule has 0 amide bonds. The molecule has 1 aliphatic rings. The maximum atomic E-state index is 11.3. The van der Waals surface area contributed by atoms with Crippen LogP contribution in [0.4, 0.5) is 11.4 Å². The first kappa shape index (κ1) is 15.1. The highest BCUT2D eigenvalue weighted by Crippen LogP contribution is 2.27. The molecule has 0 saturated carbocycles. The number of rotatable bonds is 3. The van der Waals surface area contributed by atoms with Crippen molar-refractivity contribution in [2.24, 2.45) is 5.14 Å². The Kier molecular flexibility index (Phi) is 4.22. The van der Waals surface area contributed by atoms with Crippen LogP contribution in [-0.4, -0.2) is 45.5 Å². The van der Waals surface area contributed by atoms with Gasteiger partial charge in [0.1, 0.15) is 0 Å². The number of hydrogen-bond donors (Lipinski definition) is 2. The van der Waals surface area contributed by atoms with Gasteiger partial charge >= 0.3 is 0 Å². The van der Waals surface area contributed by atoms with Gasteiger partial charge in [0.2, 0.25) is 10.0 Å². The Balaban J connectivity index is 2.22. The topological polar surface area (TPSA) is 92.7 Å². The Morgan fingerprint density at radius 1 is 1.35 bits per heavy atom. The van der Waals surface area contributed by atoms with Crippen molar-refractivity contribution in [1.82, 2.24) is 4.90 Å². The summed E-state index contributed by atoms with van der Waals surface area (Å²) in [5.74, 6) is 0. The van der Waals surface area contributed by atoms with Crippen molar-refractivity contribution in [1.29, 1.82) is 0 Å². The normalized spacial score (nSPS) is 21.1. The molecule has 112 valence electrons. The quantitative estimate of drug-likeness (QED) is 0.790. The molecule has 0 aliphatic carbocycles. The van der Waals surface area contributed by atoms with Crippen LogP contribution in [0.25, 0.3) is 0 Å². The van der Waals surface area contributed by atoms with Crippen molar-refractivity contribution in [3.05, 3.63) is 18.2 Å². The second-order valence-electron chi connectivity index (χ2n) is 5.19. The number of likely N-dealkylation sites (N-methyl/N-ethyl adjacent to an activating group) is 1. The molecule has 0 bridgehead atoms. The molecule has 0 spiro atoms. The zero-order chi connectivity index (χ0) is 14.9. The molecule has 0 aromatic heterocycles. The number of nitrogens with zero attached hydrogens (tertiary/aromatic N) is 2. The lowest BCUT2D eigenvalue weighted by molar-refractivity contribution is 0.199. The first-order chi connectivity index (χ1) is 9.32. The summed E-state index contributed by atoms with van der Waals surface area (Å²) in [5, 5.41) is 5.11. The van der Waals surface area contributed by atoms with E-state index in [2.05, 4.69) is 23.6 Å². The van der Waals surface area contributed by atoms with Crippen LogP contribution >= 0.6 is 0 Å². The van der Waals surface area contributed by atoms with Gasteiger partial charge in [-0.2, -0.15) is 0 Å². The zero-order valence-electron chi connectivity index (χ0n) is 11.9. The van der Waals surface area contributed by atoms with E-state index in [1.807, 2.05) is 0 Å². The Hall–Kier alpha value is -1.31. The summed E-state index contributed by atoms with van der Waals surface area (Å²) < 4.78 is 22.6. The van der Waals surface area contributed by atoms with Crippen LogP contribution in [0, 0.1) is 0 Å². The van der Waals surface area contributed by atoms with Crippen LogP contribution in [0.15, 0.2) is 23.1 Å². The molecule has 1 unspecified atom stereocenters. The molecule has 4 N–H and O–H groups in total. The van der Waals surface area contributed by atoms with E-state index in [-0.39, 0.29) is 4.90 Å². The fourth-order valence-electron chi connectivity index (χ4n) is 2.68. The van der Waals surface area contributed by atoms with Crippen LogP contribution in [0.1, 0.15) is 13.8 Å². The lowest BCUT2D eigenvalue weighted by atomic mass is 10.1. The monoisotopic (exact) mass is 298 g/mol. The van der Waals surface area contributed by atoms with E-state index in [0.29, 0.717) is 11.7 Å². The van der Waals surface area contributed by atoms with Crippen LogP contribution < -0.4 is 15.8 Å². The van der Waals surface area contributed by atoms with Crippen molar-refractivity contribution in [3.8, 4) is 0 Å². The number of hydrogen-bond acceptors (Lipinski definition) is 5. The third-order valence-corrected chi connectivity index (χ3v) is 4.75. The molecule has 7 heteroatoms. The molecule has 1 aromatic rings. The number of sulfonamides is 1. The Morgan fingerprint density at radius 2 is 2.05 bits per heavy atom. The number of nitrogen functional groups attached to an aromatic ring is 1. The van der Waals surface area contributed by atoms with Crippen LogP contribution in [0.5, 0.6) is 0 Å². The minimum Gasteiger partial charge on any atom is -0.397 e. The van der Waals surface area contributed by atoms with E-state index in [4.69, 9.17) is 10.9 Å². The Morgan fingerprint density at radius 3 is 2.55 bits per heavy atom. The predicted molar refractivity (Wildman–Crippen MR) is 81.1 cm³/mol. The number of nitrogens with two attached hydrogens (primary N) is 2. The molecule has 1 aromatic carbocycles. The summed E-state index contributed by atoms with van der Waals surface area (Å²) in [6.07, 6.45) is 0. The highest BCUT2D eigenvalue weighted by molar-refractivity contribution is 7.89. The first-order valence-corrected chi connectivity index (χ1v) is 8.29. The minimum atomic E-state index is -3.70.